The third-order valence-electron chi connectivity index (χ3n) is 7.37. The Morgan fingerprint density at radius 3 is 1.32 bits per heavy atom. The van der Waals surface area contributed by atoms with Crippen LogP contribution in [0.2, 0.25) is 20.1 Å². The number of rotatable bonds is 6. The average molecular weight is 544 g/mol. The average Bonchev–Trinajstić information content (AvgIpc) is 2.87. The van der Waals surface area contributed by atoms with E-state index >= 15 is 0 Å². The molecule has 7 heteroatoms. The Labute approximate surface area is 222 Å². The van der Waals surface area contributed by atoms with Gasteiger partial charge in [0, 0.05) is 11.1 Å². The van der Waals surface area contributed by atoms with Crippen LogP contribution in [-0.2, 0) is 0 Å². The van der Waals surface area contributed by atoms with Gasteiger partial charge in [0.25, 0.3) is 0 Å². The Balaban J connectivity index is 1.83. The quantitative estimate of drug-likeness (QED) is 0.340. The Bertz CT molecular complexity index is 987. The van der Waals surface area contributed by atoms with Crippen LogP contribution >= 0.6 is 46.4 Å². The molecule has 0 amide bonds. The van der Waals surface area contributed by atoms with Gasteiger partial charge in [-0.3, -0.25) is 4.79 Å². The molecule has 2 aromatic rings. The molecule has 0 aromatic heterocycles. The van der Waals surface area contributed by atoms with E-state index in [9.17, 15) is 4.79 Å². The van der Waals surface area contributed by atoms with Crippen LogP contribution in [0.25, 0.3) is 0 Å². The van der Waals surface area contributed by atoms with E-state index in [1.54, 1.807) is 14.2 Å². The van der Waals surface area contributed by atoms with Gasteiger partial charge in [-0.1, -0.05) is 84.9 Å². The van der Waals surface area contributed by atoms with Gasteiger partial charge in [-0.2, -0.15) is 0 Å². The second kappa shape index (κ2) is 11.3. The van der Waals surface area contributed by atoms with Gasteiger partial charge in [0.05, 0.1) is 24.3 Å². The normalized spacial score (nSPS) is 17.6. The van der Waals surface area contributed by atoms with E-state index in [4.69, 9.17) is 55.9 Å². The van der Waals surface area contributed by atoms with Crippen molar-refractivity contribution in [3.63, 3.8) is 0 Å². The standard InChI is InChI=1S/C27H30Cl4O3/c1-33-26-17(15-9-5-3-6-10-15)13-19(21(28)23(26)30)25(32)20-14-18(16-11-7-4-8-12-16)27(34-2)24(31)22(20)29/h13-16H,3-12H2,1-2H3. The molecule has 184 valence electrons. The number of ether oxygens (including phenoxy) is 2. The number of ketones is 1. The number of methoxy groups -OCH3 is 2. The van der Waals surface area contributed by atoms with Crippen LogP contribution in [0.1, 0.15) is 103 Å². The van der Waals surface area contributed by atoms with Gasteiger partial charge in [0.1, 0.15) is 21.5 Å². The lowest BCUT2D eigenvalue weighted by Gasteiger charge is -2.26. The first-order valence-corrected chi connectivity index (χ1v) is 13.6. The first-order chi connectivity index (χ1) is 16.4. The predicted molar refractivity (Wildman–Crippen MR) is 141 cm³/mol. The molecule has 0 spiro atoms. The lowest BCUT2D eigenvalue weighted by molar-refractivity contribution is 0.103. The maximum absolute atomic E-state index is 13.9. The summed E-state index contributed by atoms with van der Waals surface area (Å²) in [5.74, 6) is 1.36. The minimum Gasteiger partial charge on any atom is -0.495 e. The molecule has 2 aliphatic rings. The van der Waals surface area contributed by atoms with Crippen molar-refractivity contribution in [3.8, 4) is 11.5 Å². The van der Waals surface area contributed by atoms with E-state index in [2.05, 4.69) is 0 Å². The summed E-state index contributed by atoms with van der Waals surface area (Å²) in [6.45, 7) is 0. The summed E-state index contributed by atoms with van der Waals surface area (Å²) in [5.41, 5.74) is 2.52. The van der Waals surface area contributed by atoms with Gasteiger partial charge < -0.3 is 9.47 Å². The van der Waals surface area contributed by atoms with Gasteiger partial charge >= 0.3 is 0 Å². The largest absolute Gasteiger partial charge is 0.495 e. The van der Waals surface area contributed by atoms with Crippen LogP contribution in [-0.4, -0.2) is 20.0 Å². The molecule has 0 N–H and O–H groups in total. The Morgan fingerprint density at radius 1 is 0.647 bits per heavy atom. The maximum atomic E-state index is 13.9. The molecule has 2 saturated carbocycles. The molecule has 3 nitrogen and oxygen atoms in total. The summed E-state index contributed by atoms with van der Waals surface area (Å²) < 4.78 is 11.3. The topological polar surface area (TPSA) is 35.5 Å². The van der Waals surface area contributed by atoms with Crippen LogP contribution < -0.4 is 9.47 Å². The number of benzene rings is 2. The van der Waals surface area contributed by atoms with E-state index in [1.165, 1.54) is 12.8 Å². The van der Waals surface area contributed by atoms with Gasteiger partial charge in [0.15, 0.2) is 5.78 Å². The second-order valence-corrected chi connectivity index (χ2v) is 10.9. The summed E-state index contributed by atoms with van der Waals surface area (Å²) in [6, 6.07) is 3.69. The van der Waals surface area contributed by atoms with Crippen molar-refractivity contribution in [2.45, 2.75) is 76.0 Å². The van der Waals surface area contributed by atoms with E-state index in [1.807, 2.05) is 12.1 Å². The van der Waals surface area contributed by atoms with Crippen molar-refractivity contribution in [1.29, 1.82) is 0 Å². The smallest absolute Gasteiger partial charge is 0.196 e. The third kappa shape index (κ3) is 4.91. The SMILES string of the molecule is COc1c(C2CCCCC2)cc(C(=O)c2cc(C3CCCCC3)c(OC)c(Cl)c2Cl)c(Cl)c1Cl. The zero-order valence-electron chi connectivity index (χ0n) is 19.6. The van der Waals surface area contributed by atoms with Crippen molar-refractivity contribution in [1.82, 2.24) is 0 Å². The van der Waals surface area contributed by atoms with Gasteiger partial charge in [-0.25, -0.2) is 0 Å². The highest BCUT2D eigenvalue weighted by molar-refractivity contribution is 6.47. The Kier molecular flexibility index (Phi) is 8.61. The third-order valence-corrected chi connectivity index (χ3v) is 9.07. The summed E-state index contributed by atoms with van der Waals surface area (Å²) in [6.07, 6.45) is 11.1. The molecule has 0 atom stereocenters. The monoisotopic (exact) mass is 542 g/mol. The number of halogens is 4. The number of carbonyl (C=O) groups excluding carboxylic acids is 1. The fourth-order valence-corrected chi connectivity index (χ4v) is 6.61. The predicted octanol–water partition coefficient (Wildman–Crippen LogP) is 9.64. The number of hydrogen-bond donors (Lipinski definition) is 0. The van der Waals surface area contributed by atoms with E-state index in [0.717, 1.165) is 62.5 Å². The van der Waals surface area contributed by atoms with Gasteiger partial charge in [0.2, 0.25) is 0 Å². The lowest BCUT2D eigenvalue weighted by atomic mass is 9.81. The van der Waals surface area contributed by atoms with Crippen LogP contribution in [0, 0.1) is 0 Å². The van der Waals surface area contributed by atoms with Crippen LogP contribution in [0.15, 0.2) is 12.1 Å². The van der Waals surface area contributed by atoms with Crippen molar-refractivity contribution in [3.05, 3.63) is 54.5 Å². The van der Waals surface area contributed by atoms with E-state index < -0.39 is 0 Å². The molecule has 4 rings (SSSR count). The Hall–Kier alpha value is -1.13. The molecule has 0 unspecified atom stereocenters. The minimum atomic E-state index is -0.293. The van der Waals surface area contributed by atoms with Crippen LogP contribution in [0.4, 0.5) is 0 Å². The van der Waals surface area contributed by atoms with Crippen molar-refractivity contribution in [2.75, 3.05) is 14.2 Å². The molecule has 0 radical (unpaired) electrons. The van der Waals surface area contributed by atoms with Crippen molar-refractivity contribution >= 4 is 52.2 Å². The molecule has 0 bridgehead atoms. The molecule has 0 saturated heterocycles. The Morgan fingerprint density at radius 2 is 1.00 bits per heavy atom. The molecular formula is C27H30Cl4O3. The van der Waals surface area contributed by atoms with Gasteiger partial charge in [-0.05, 0) is 60.8 Å². The fourth-order valence-electron chi connectivity index (χ4n) is 5.58. The molecule has 34 heavy (non-hydrogen) atoms. The van der Waals surface area contributed by atoms with E-state index in [0.29, 0.717) is 22.6 Å². The first kappa shape index (κ1) is 25.9. The second-order valence-electron chi connectivity index (χ2n) is 9.35. The summed E-state index contributed by atoms with van der Waals surface area (Å²) >= 11 is 26.6. The minimum absolute atomic E-state index is 0.172. The molecule has 0 heterocycles. The van der Waals surface area contributed by atoms with Crippen LogP contribution in [0.5, 0.6) is 11.5 Å². The van der Waals surface area contributed by atoms with E-state index in [-0.39, 0.29) is 37.7 Å². The summed E-state index contributed by atoms with van der Waals surface area (Å²) in [7, 11) is 3.17. The molecule has 2 aromatic carbocycles. The summed E-state index contributed by atoms with van der Waals surface area (Å²) in [5, 5.41) is 0.869. The molecule has 2 fully saturated rings. The zero-order valence-corrected chi connectivity index (χ0v) is 22.6. The fraction of sp³-hybridized carbons (Fsp3) is 0.519. The van der Waals surface area contributed by atoms with Crippen LogP contribution in [0.3, 0.4) is 0 Å². The highest BCUT2D eigenvalue weighted by atomic mass is 35.5. The van der Waals surface area contributed by atoms with Gasteiger partial charge in [-0.15, -0.1) is 0 Å². The molecule has 0 aliphatic heterocycles. The first-order valence-electron chi connectivity index (χ1n) is 12.0. The lowest BCUT2D eigenvalue weighted by Crippen LogP contribution is -2.12. The summed E-state index contributed by atoms with van der Waals surface area (Å²) in [4.78, 5) is 13.9. The van der Waals surface area contributed by atoms with Crippen molar-refractivity contribution in [2.24, 2.45) is 0 Å². The van der Waals surface area contributed by atoms with Crippen molar-refractivity contribution < 1.29 is 14.3 Å². The number of carbonyl (C=O) groups is 1. The molecule has 2 aliphatic carbocycles. The number of hydrogen-bond acceptors (Lipinski definition) is 3. The highest BCUT2D eigenvalue weighted by Gasteiger charge is 2.30. The highest BCUT2D eigenvalue weighted by Crippen LogP contribution is 2.48. The zero-order chi connectivity index (χ0) is 24.4. The molecular weight excluding hydrogens is 514 g/mol. The maximum Gasteiger partial charge on any atom is 0.196 e.